The number of methoxy groups -OCH3 is 2. The number of carbonyl (C=O) groups excluding carboxylic acids is 2. The molecule has 0 aromatic heterocycles. The highest BCUT2D eigenvalue weighted by atomic mass is 16.6. The van der Waals surface area contributed by atoms with E-state index in [1.54, 1.807) is 24.1 Å². The van der Waals surface area contributed by atoms with Crippen molar-refractivity contribution >= 4 is 17.7 Å². The Morgan fingerprint density at radius 3 is 2.22 bits per heavy atom. The first-order chi connectivity index (χ1) is 12.7. The molecular weight excluding hydrogens is 350 g/mol. The number of anilines is 1. The van der Waals surface area contributed by atoms with E-state index in [2.05, 4.69) is 10.6 Å². The molecule has 1 aromatic carbocycles. The van der Waals surface area contributed by atoms with E-state index in [1.807, 2.05) is 20.8 Å². The largest absolute Gasteiger partial charge is 0.493 e. The van der Waals surface area contributed by atoms with Crippen molar-refractivity contribution in [2.75, 3.05) is 32.6 Å². The van der Waals surface area contributed by atoms with Gasteiger partial charge in [0, 0.05) is 32.0 Å². The van der Waals surface area contributed by atoms with Crippen molar-refractivity contribution in [1.29, 1.82) is 0 Å². The number of likely N-dealkylation sites (tertiary alicyclic amines) is 1. The maximum Gasteiger partial charge on any atom is 0.410 e. The van der Waals surface area contributed by atoms with Gasteiger partial charge in [0.05, 0.1) is 25.5 Å². The van der Waals surface area contributed by atoms with Gasteiger partial charge in [-0.1, -0.05) is 0 Å². The van der Waals surface area contributed by atoms with E-state index in [-0.39, 0.29) is 12.0 Å². The van der Waals surface area contributed by atoms with Crippen LogP contribution in [-0.4, -0.2) is 55.5 Å². The van der Waals surface area contributed by atoms with Crippen molar-refractivity contribution in [3.8, 4) is 11.5 Å². The molecule has 3 rings (SSSR count). The topological polar surface area (TPSA) is 89.1 Å². The normalized spacial score (nSPS) is 18.3. The molecule has 8 heteroatoms. The van der Waals surface area contributed by atoms with Crippen LogP contribution in [0.25, 0.3) is 0 Å². The molecule has 8 nitrogen and oxygen atoms in total. The number of nitrogens with zero attached hydrogens (tertiary/aromatic N) is 1. The minimum Gasteiger partial charge on any atom is -0.493 e. The summed E-state index contributed by atoms with van der Waals surface area (Å²) in [6, 6.07) is 3.44. The average molecular weight is 377 g/mol. The molecule has 0 radical (unpaired) electrons. The lowest BCUT2D eigenvalue weighted by Gasteiger charge is -2.45. The van der Waals surface area contributed by atoms with E-state index >= 15 is 0 Å². The summed E-state index contributed by atoms with van der Waals surface area (Å²) >= 11 is 0. The van der Waals surface area contributed by atoms with Crippen LogP contribution < -0.4 is 20.1 Å². The number of hydrogen-bond acceptors (Lipinski definition) is 6. The van der Waals surface area contributed by atoms with Crippen LogP contribution in [-0.2, 0) is 4.74 Å². The molecule has 0 bridgehead atoms. The van der Waals surface area contributed by atoms with Gasteiger partial charge >= 0.3 is 6.09 Å². The number of ether oxygens (including phenoxy) is 3. The minimum atomic E-state index is -0.595. The summed E-state index contributed by atoms with van der Waals surface area (Å²) in [7, 11) is 3.09. The predicted octanol–water partition coefficient (Wildman–Crippen LogP) is 2.59. The minimum absolute atomic E-state index is 0.171. The molecule has 1 aromatic rings. The number of amides is 2. The Bertz CT molecular complexity index is 748. The van der Waals surface area contributed by atoms with Gasteiger partial charge in [0.2, 0.25) is 0 Å². The van der Waals surface area contributed by atoms with Crippen LogP contribution >= 0.6 is 0 Å². The number of piperidine rings is 1. The van der Waals surface area contributed by atoms with E-state index in [0.29, 0.717) is 48.7 Å². The van der Waals surface area contributed by atoms with Crippen molar-refractivity contribution in [3.63, 3.8) is 0 Å². The van der Waals surface area contributed by atoms with Crippen LogP contribution in [0.15, 0.2) is 12.1 Å². The fourth-order valence-electron chi connectivity index (χ4n) is 3.39. The highest BCUT2D eigenvalue weighted by Gasteiger charge is 2.42. The molecule has 1 fully saturated rings. The Morgan fingerprint density at radius 2 is 1.67 bits per heavy atom. The van der Waals surface area contributed by atoms with E-state index in [0.717, 1.165) is 0 Å². The Balaban J connectivity index is 1.75. The third kappa shape index (κ3) is 3.89. The van der Waals surface area contributed by atoms with Crippen molar-refractivity contribution in [1.82, 2.24) is 10.2 Å². The molecule has 0 atom stereocenters. The first kappa shape index (κ1) is 19.1. The van der Waals surface area contributed by atoms with Crippen molar-refractivity contribution in [2.45, 2.75) is 44.9 Å². The molecule has 148 valence electrons. The summed E-state index contributed by atoms with van der Waals surface area (Å²) < 4.78 is 16.1. The first-order valence-electron chi connectivity index (χ1n) is 9.01. The van der Waals surface area contributed by atoms with Crippen LogP contribution in [0.1, 0.15) is 44.0 Å². The molecule has 0 saturated carbocycles. The summed E-state index contributed by atoms with van der Waals surface area (Å²) in [5.74, 6) is 0.888. The number of rotatable bonds is 2. The third-order valence-electron chi connectivity index (χ3n) is 4.76. The molecule has 27 heavy (non-hydrogen) atoms. The van der Waals surface area contributed by atoms with Crippen LogP contribution in [0.3, 0.4) is 0 Å². The van der Waals surface area contributed by atoms with Gasteiger partial charge in [0.15, 0.2) is 11.5 Å². The molecule has 1 saturated heterocycles. The van der Waals surface area contributed by atoms with E-state index < -0.39 is 11.3 Å². The zero-order valence-electron chi connectivity index (χ0n) is 16.5. The molecule has 2 heterocycles. The van der Waals surface area contributed by atoms with Gasteiger partial charge in [-0.3, -0.25) is 4.79 Å². The van der Waals surface area contributed by atoms with E-state index in [1.165, 1.54) is 7.11 Å². The Morgan fingerprint density at radius 1 is 1.07 bits per heavy atom. The second kappa shape index (κ2) is 6.83. The maximum absolute atomic E-state index is 12.7. The lowest BCUT2D eigenvalue weighted by atomic mass is 9.92. The van der Waals surface area contributed by atoms with Crippen LogP contribution in [0.4, 0.5) is 10.5 Å². The Labute approximate surface area is 159 Å². The summed E-state index contributed by atoms with van der Waals surface area (Å²) in [5, 5.41) is 6.49. The molecule has 1 spiro atoms. The summed E-state index contributed by atoms with van der Waals surface area (Å²) in [5.41, 5.74) is 0.0789. The fourth-order valence-corrected chi connectivity index (χ4v) is 3.39. The molecule has 0 aliphatic carbocycles. The first-order valence-corrected chi connectivity index (χ1v) is 9.01. The zero-order chi connectivity index (χ0) is 19.8. The smallest absolute Gasteiger partial charge is 0.410 e. The predicted molar refractivity (Wildman–Crippen MR) is 100 cm³/mol. The van der Waals surface area contributed by atoms with Gasteiger partial charge in [0.25, 0.3) is 5.91 Å². The number of fused-ring (bicyclic) bond motifs is 1. The van der Waals surface area contributed by atoms with Crippen LogP contribution in [0.2, 0.25) is 0 Å². The Hall–Kier alpha value is -2.64. The average Bonchev–Trinajstić information content (AvgIpc) is 2.59. The van der Waals surface area contributed by atoms with Gasteiger partial charge in [-0.2, -0.15) is 0 Å². The van der Waals surface area contributed by atoms with E-state index in [4.69, 9.17) is 14.2 Å². The van der Waals surface area contributed by atoms with Gasteiger partial charge in [-0.25, -0.2) is 4.79 Å². The molecule has 2 aliphatic heterocycles. The van der Waals surface area contributed by atoms with Gasteiger partial charge in [-0.05, 0) is 26.8 Å². The van der Waals surface area contributed by atoms with Crippen molar-refractivity contribution in [2.24, 2.45) is 0 Å². The highest BCUT2D eigenvalue weighted by molar-refractivity contribution is 6.03. The molecule has 2 aliphatic rings. The highest BCUT2D eigenvalue weighted by Crippen LogP contribution is 2.38. The third-order valence-corrected chi connectivity index (χ3v) is 4.76. The monoisotopic (exact) mass is 377 g/mol. The molecule has 0 unspecified atom stereocenters. The number of hydrogen-bond donors (Lipinski definition) is 2. The lowest BCUT2D eigenvalue weighted by Crippen LogP contribution is -2.62. The van der Waals surface area contributed by atoms with Crippen molar-refractivity contribution in [3.05, 3.63) is 17.7 Å². The van der Waals surface area contributed by atoms with Gasteiger partial charge in [0.1, 0.15) is 11.3 Å². The quantitative estimate of drug-likeness (QED) is 0.824. The lowest BCUT2D eigenvalue weighted by molar-refractivity contribution is 0.0163. The Kier molecular flexibility index (Phi) is 4.84. The van der Waals surface area contributed by atoms with Crippen LogP contribution in [0.5, 0.6) is 11.5 Å². The maximum atomic E-state index is 12.7. The zero-order valence-corrected chi connectivity index (χ0v) is 16.5. The molecular formula is C19H27N3O5. The van der Waals surface area contributed by atoms with Gasteiger partial charge < -0.3 is 29.7 Å². The summed E-state index contributed by atoms with van der Waals surface area (Å²) in [4.78, 5) is 26.6. The summed E-state index contributed by atoms with van der Waals surface area (Å²) in [6.07, 6.45) is 0.823. The molecule has 2 amide bonds. The SMILES string of the molecule is COc1cc2c(cc1OC)C(=O)NC1(CCN(C(=O)OC(C)(C)C)CC1)N2. The second-order valence-electron chi connectivity index (χ2n) is 7.88. The second-order valence-corrected chi connectivity index (χ2v) is 7.88. The standard InChI is InChI=1S/C19H27N3O5/c1-18(2,3)27-17(24)22-8-6-19(7-9-22)20-13-11-15(26-5)14(25-4)10-12(13)16(23)21-19/h10-11,20H,6-9H2,1-5H3,(H,21,23). The number of nitrogens with one attached hydrogen (secondary N) is 2. The van der Waals surface area contributed by atoms with Crippen LogP contribution in [0, 0.1) is 0 Å². The number of carbonyl (C=O) groups is 2. The van der Waals surface area contributed by atoms with E-state index in [9.17, 15) is 9.59 Å². The molecule has 2 N–H and O–H groups in total. The van der Waals surface area contributed by atoms with Gasteiger partial charge in [-0.15, -0.1) is 0 Å². The van der Waals surface area contributed by atoms with Crippen molar-refractivity contribution < 1.29 is 23.8 Å². The summed E-state index contributed by atoms with van der Waals surface area (Å²) in [6.45, 7) is 6.52. The fraction of sp³-hybridized carbons (Fsp3) is 0.579. The number of benzene rings is 1.